The predicted octanol–water partition coefficient (Wildman–Crippen LogP) is 2.57. The Bertz CT molecular complexity index is 476. The Morgan fingerprint density at radius 1 is 1.53 bits per heavy atom. The molecule has 0 aliphatic carbocycles. The first-order valence-electron chi connectivity index (χ1n) is 6.48. The Labute approximate surface area is 117 Å². The molecule has 4 nitrogen and oxygen atoms in total. The SMILES string of the molecule is CCCN(CC(=O)O)Cc1cc(Cl)cc2c1OCC2. The molecule has 0 spiro atoms. The quantitative estimate of drug-likeness (QED) is 0.872. The van der Waals surface area contributed by atoms with Gasteiger partial charge in [-0.05, 0) is 30.7 Å². The number of hydrogen-bond acceptors (Lipinski definition) is 3. The van der Waals surface area contributed by atoms with E-state index in [9.17, 15) is 4.79 Å². The molecule has 0 amide bonds. The van der Waals surface area contributed by atoms with E-state index in [-0.39, 0.29) is 6.54 Å². The zero-order chi connectivity index (χ0) is 13.8. The molecule has 1 aromatic rings. The average Bonchev–Trinajstić information content (AvgIpc) is 2.76. The van der Waals surface area contributed by atoms with E-state index in [2.05, 4.69) is 0 Å². The van der Waals surface area contributed by atoms with E-state index >= 15 is 0 Å². The van der Waals surface area contributed by atoms with Crippen LogP contribution in [-0.2, 0) is 17.8 Å². The van der Waals surface area contributed by atoms with Gasteiger partial charge in [-0.2, -0.15) is 0 Å². The van der Waals surface area contributed by atoms with E-state index < -0.39 is 5.97 Å². The van der Waals surface area contributed by atoms with Gasteiger partial charge in [-0.25, -0.2) is 0 Å². The lowest BCUT2D eigenvalue weighted by Gasteiger charge is -2.21. The van der Waals surface area contributed by atoms with E-state index in [0.717, 1.165) is 36.3 Å². The van der Waals surface area contributed by atoms with Gasteiger partial charge in [0, 0.05) is 23.6 Å². The molecule has 0 atom stereocenters. The summed E-state index contributed by atoms with van der Waals surface area (Å²) >= 11 is 6.10. The number of carboxylic acid groups (broad SMARTS) is 1. The van der Waals surface area contributed by atoms with Crippen molar-refractivity contribution in [2.75, 3.05) is 19.7 Å². The number of ether oxygens (including phenoxy) is 1. The average molecular weight is 284 g/mol. The third-order valence-electron chi connectivity index (χ3n) is 3.12. The molecule has 0 saturated heterocycles. The van der Waals surface area contributed by atoms with Gasteiger partial charge in [-0.1, -0.05) is 18.5 Å². The summed E-state index contributed by atoms with van der Waals surface area (Å²) in [5.41, 5.74) is 2.10. The molecule has 0 aromatic heterocycles. The number of fused-ring (bicyclic) bond motifs is 1. The smallest absolute Gasteiger partial charge is 0.317 e. The van der Waals surface area contributed by atoms with Crippen LogP contribution in [-0.4, -0.2) is 35.7 Å². The van der Waals surface area contributed by atoms with Crippen molar-refractivity contribution >= 4 is 17.6 Å². The van der Waals surface area contributed by atoms with Crippen LogP contribution in [0.25, 0.3) is 0 Å². The molecule has 5 heteroatoms. The minimum atomic E-state index is -0.812. The van der Waals surface area contributed by atoms with Gasteiger partial charge < -0.3 is 9.84 Å². The van der Waals surface area contributed by atoms with Crippen molar-refractivity contribution in [3.63, 3.8) is 0 Å². The zero-order valence-electron chi connectivity index (χ0n) is 11.0. The van der Waals surface area contributed by atoms with Crippen molar-refractivity contribution in [1.29, 1.82) is 0 Å². The summed E-state index contributed by atoms with van der Waals surface area (Å²) in [6.45, 7) is 4.05. The lowest BCUT2D eigenvalue weighted by Crippen LogP contribution is -2.30. The van der Waals surface area contributed by atoms with Crippen molar-refractivity contribution in [3.8, 4) is 5.75 Å². The molecular formula is C14H18ClNO3. The van der Waals surface area contributed by atoms with E-state index in [1.165, 1.54) is 0 Å². The largest absolute Gasteiger partial charge is 0.493 e. The van der Waals surface area contributed by atoms with Gasteiger partial charge in [0.05, 0.1) is 13.2 Å². The maximum Gasteiger partial charge on any atom is 0.317 e. The summed E-state index contributed by atoms with van der Waals surface area (Å²) in [6, 6.07) is 3.80. The molecule has 0 saturated carbocycles. The zero-order valence-corrected chi connectivity index (χ0v) is 11.7. The third-order valence-corrected chi connectivity index (χ3v) is 3.34. The molecular weight excluding hydrogens is 266 g/mol. The summed E-state index contributed by atoms with van der Waals surface area (Å²) < 4.78 is 5.64. The second-order valence-corrected chi connectivity index (χ2v) is 5.19. The molecule has 1 heterocycles. The number of carbonyl (C=O) groups is 1. The molecule has 0 unspecified atom stereocenters. The van der Waals surface area contributed by atoms with Gasteiger partial charge in [-0.3, -0.25) is 9.69 Å². The molecule has 0 radical (unpaired) electrons. The summed E-state index contributed by atoms with van der Waals surface area (Å²) in [5.74, 6) is 0.0731. The summed E-state index contributed by atoms with van der Waals surface area (Å²) in [5, 5.41) is 9.62. The first kappa shape index (κ1) is 14.2. The van der Waals surface area contributed by atoms with Gasteiger partial charge in [0.15, 0.2) is 0 Å². The summed E-state index contributed by atoms with van der Waals surface area (Å²) in [4.78, 5) is 12.8. The number of hydrogen-bond donors (Lipinski definition) is 1. The maximum atomic E-state index is 10.9. The van der Waals surface area contributed by atoms with Crippen LogP contribution >= 0.6 is 11.6 Å². The maximum absolute atomic E-state index is 10.9. The van der Waals surface area contributed by atoms with Crippen LogP contribution in [0.2, 0.25) is 5.02 Å². The highest BCUT2D eigenvalue weighted by molar-refractivity contribution is 6.30. The topological polar surface area (TPSA) is 49.8 Å². The Balaban J connectivity index is 2.19. The Hall–Kier alpha value is -1.26. The highest BCUT2D eigenvalue weighted by Crippen LogP contribution is 2.33. The number of nitrogens with zero attached hydrogens (tertiary/aromatic N) is 1. The van der Waals surface area contributed by atoms with Gasteiger partial charge >= 0.3 is 5.97 Å². The third kappa shape index (κ3) is 3.61. The van der Waals surface area contributed by atoms with Crippen LogP contribution in [0, 0.1) is 0 Å². The lowest BCUT2D eigenvalue weighted by molar-refractivity contribution is -0.138. The summed E-state index contributed by atoms with van der Waals surface area (Å²) in [7, 11) is 0. The molecule has 1 aliphatic heterocycles. The minimum Gasteiger partial charge on any atom is -0.493 e. The first-order valence-corrected chi connectivity index (χ1v) is 6.86. The predicted molar refractivity (Wildman–Crippen MR) is 73.9 cm³/mol. The summed E-state index contributed by atoms with van der Waals surface area (Å²) in [6.07, 6.45) is 1.78. The molecule has 2 rings (SSSR count). The van der Waals surface area contributed by atoms with Crippen molar-refractivity contribution in [3.05, 3.63) is 28.3 Å². The van der Waals surface area contributed by atoms with Gasteiger partial charge in [0.1, 0.15) is 5.75 Å². The second-order valence-electron chi connectivity index (χ2n) is 4.76. The molecule has 1 aromatic carbocycles. The van der Waals surface area contributed by atoms with E-state index in [1.54, 1.807) is 0 Å². The van der Waals surface area contributed by atoms with Gasteiger partial charge in [0.25, 0.3) is 0 Å². The fourth-order valence-corrected chi connectivity index (χ4v) is 2.69. The first-order chi connectivity index (χ1) is 9.10. The number of aliphatic carboxylic acids is 1. The van der Waals surface area contributed by atoms with Crippen LogP contribution in [0.1, 0.15) is 24.5 Å². The molecule has 1 aliphatic rings. The molecule has 104 valence electrons. The second kappa shape index (κ2) is 6.26. The van der Waals surface area contributed by atoms with Crippen LogP contribution in [0.4, 0.5) is 0 Å². The van der Waals surface area contributed by atoms with Gasteiger partial charge in [0.2, 0.25) is 0 Å². The van der Waals surface area contributed by atoms with E-state index in [1.807, 2.05) is 24.0 Å². The van der Waals surface area contributed by atoms with Crippen LogP contribution < -0.4 is 4.74 Å². The van der Waals surface area contributed by atoms with Gasteiger partial charge in [-0.15, -0.1) is 0 Å². The fourth-order valence-electron chi connectivity index (χ4n) is 2.43. The number of halogens is 1. The molecule has 1 N–H and O–H groups in total. The number of rotatable bonds is 6. The minimum absolute atomic E-state index is 0.0368. The van der Waals surface area contributed by atoms with E-state index in [0.29, 0.717) is 18.2 Å². The molecule has 19 heavy (non-hydrogen) atoms. The Morgan fingerprint density at radius 2 is 2.32 bits per heavy atom. The highest BCUT2D eigenvalue weighted by atomic mass is 35.5. The molecule has 0 bridgehead atoms. The Kier molecular flexibility index (Phi) is 4.66. The van der Waals surface area contributed by atoms with Crippen molar-refractivity contribution in [2.24, 2.45) is 0 Å². The van der Waals surface area contributed by atoms with Crippen LogP contribution in [0.3, 0.4) is 0 Å². The fraction of sp³-hybridized carbons (Fsp3) is 0.500. The monoisotopic (exact) mass is 283 g/mol. The van der Waals surface area contributed by atoms with Crippen molar-refractivity contribution < 1.29 is 14.6 Å². The van der Waals surface area contributed by atoms with Crippen LogP contribution in [0.5, 0.6) is 5.75 Å². The van der Waals surface area contributed by atoms with Crippen LogP contribution in [0.15, 0.2) is 12.1 Å². The standard InChI is InChI=1S/C14H18ClNO3/c1-2-4-16(9-13(17)18)8-11-7-12(15)6-10-3-5-19-14(10)11/h6-7H,2-5,8-9H2,1H3,(H,17,18). The number of benzene rings is 1. The van der Waals surface area contributed by atoms with Crippen molar-refractivity contribution in [2.45, 2.75) is 26.3 Å². The highest BCUT2D eigenvalue weighted by Gasteiger charge is 2.20. The lowest BCUT2D eigenvalue weighted by atomic mass is 10.1. The Morgan fingerprint density at radius 3 is 3.00 bits per heavy atom. The number of carboxylic acids is 1. The normalized spacial score (nSPS) is 13.4. The molecule has 0 fully saturated rings. The van der Waals surface area contributed by atoms with E-state index in [4.69, 9.17) is 21.4 Å². The van der Waals surface area contributed by atoms with Crippen molar-refractivity contribution in [1.82, 2.24) is 4.90 Å².